The first-order chi connectivity index (χ1) is 8.43. The third kappa shape index (κ3) is 4.14. The molecule has 1 aromatic rings. The van der Waals surface area contributed by atoms with E-state index in [1.165, 1.54) is 21.8 Å². The highest BCUT2D eigenvalue weighted by atomic mass is 32.1. The molecule has 1 rings (SSSR count). The molecule has 4 nitrogen and oxygen atoms in total. The molecule has 1 unspecified atom stereocenters. The van der Waals surface area contributed by atoms with Gasteiger partial charge in [-0.25, -0.2) is 0 Å². The number of carboxylic acids is 1. The molecular formula is C13H19NO3S. The highest BCUT2D eigenvalue weighted by Gasteiger charge is 2.14. The number of nitrogens with one attached hydrogen (secondary N) is 1. The first-order valence-corrected chi connectivity index (χ1v) is 6.87. The van der Waals surface area contributed by atoms with Crippen LogP contribution in [-0.2, 0) is 11.2 Å². The summed E-state index contributed by atoms with van der Waals surface area (Å²) >= 11 is 1.49. The number of hydrogen-bond acceptors (Lipinski definition) is 3. The lowest BCUT2D eigenvalue weighted by Gasteiger charge is -2.11. The van der Waals surface area contributed by atoms with Crippen molar-refractivity contribution in [2.24, 2.45) is 0 Å². The van der Waals surface area contributed by atoms with E-state index >= 15 is 0 Å². The van der Waals surface area contributed by atoms with E-state index in [1.807, 2.05) is 19.9 Å². The lowest BCUT2D eigenvalue weighted by atomic mass is 10.1. The summed E-state index contributed by atoms with van der Waals surface area (Å²) < 4.78 is 0. The molecule has 0 fully saturated rings. The van der Waals surface area contributed by atoms with E-state index in [4.69, 9.17) is 5.11 Å². The minimum atomic E-state index is -0.837. The molecule has 1 heterocycles. The largest absolute Gasteiger partial charge is 0.481 e. The predicted molar refractivity (Wildman–Crippen MR) is 72.2 cm³/mol. The van der Waals surface area contributed by atoms with Gasteiger partial charge in [0.15, 0.2) is 0 Å². The smallest absolute Gasteiger partial charge is 0.303 e. The number of aryl methyl sites for hydroxylation is 2. The Morgan fingerprint density at radius 2 is 2.17 bits per heavy atom. The number of carboxylic acid groups (broad SMARTS) is 1. The maximum atomic E-state index is 11.9. The Morgan fingerprint density at radius 1 is 1.50 bits per heavy atom. The van der Waals surface area contributed by atoms with E-state index in [0.29, 0.717) is 11.3 Å². The van der Waals surface area contributed by atoms with E-state index in [0.717, 1.165) is 6.42 Å². The molecule has 1 aromatic heterocycles. The van der Waals surface area contributed by atoms with E-state index in [-0.39, 0.29) is 18.4 Å². The summed E-state index contributed by atoms with van der Waals surface area (Å²) in [6, 6.07) is 1.79. The van der Waals surface area contributed by atoms with Gasteiger partial charge in [0.1, 0.15) is 0 Å². The van der Waals surface area contributed by atoms with Gasteiger partial charge in [-0.2, -0.15) is 0 Å². The minimum absolute atomic E-state index is 0.0745. The van der Waals surface area contributed by atoms with E-state index in [2.05, 4.69) is 12.2 Å². The van der Waals surface area contributed by atoms with Gasteiger partial charge in [0.2, 0.25) is 0 Å². The Morgan fingerprint density at radius 3 is 2.67 bits per heavy atom. The van der Waals surface area contributed by atoms with Crippen molar-refractivity contribution in [3.05, 3.63) is 21.4 Å². The molecular weight excluding hydrogens is 250 g/mol. The summed E-state index contributed by atoms with van der Waals surface area (Å²) in [4.78, 5) is 24.2. The highest BCUT2D eigenvalue weighted by Crippen LogP contribution is 2.22. The van der Waals surface area contributed by atoms with Crippen molar-refractivity contribution >= 4 is 23.2 Å². The van der Waals surface area contributed by atoms with Gasteiger partial charge in [-0.1, -0.05) is 6.92 Å². The predicted octanol–water partition coefficient (Wildman–Crippen LogP) is 2.60. The van der Waals surface area contributed by atoms with Crippen molar-refractivity contribution < 1.29 is 14.7 Å². The van der Waals surface area contributed by atoms with Crippen LogP contribution in [0.3, 0.4) is 0 Å². The maximum Gasteiger partial charge on any atom is 0.303 e. The Labute approximate surface area is 111 Å². The summed E-state index contributed by atoms with van der Waals surface area (Å²) in [7, 11) is 0. The van der Waals surface area contributed by atoms with Gasteiger partial charge >= 0.3 is 5.97 Å². The second-order valence-corrected chi connectivity index (χ2v) is 5.61. The van der Waals surface area contributed by atoms with Crippen LogP contribution in [0.1, 0.15) is 46.8 Å². The van der Waals surface area contributed by atoms with Gasteiger partial charge in [-0.3, -0.25) is 9.59 Å². The minimum Gasteiger partial charge on any atom is -0.481 e. The molecule has 0 saturated carbocycles. The molecule has 1 amide bonds. The van der Waals surface area contributed by atoms with Gasteiger partial charge in [-0.15, -0.1) is 11.3 Å². The van der Waals surface area contributed by atoms with Crippen LogP contribution >= 0.6 is 11.3 Å². The zero-order valence-corrected chi connectivity index (χ0v) is 11.8. The summed E-state index contributed by atoms with van der Waals surface area (Å²) in [5, 5.41) is 11.4. The molecule has 5 heteroatoms. The Kier molecular flexibility index (Phi) is 5.34. The van der Waals surface area contributed by atoms with Crippen LogP contribution in [0, 0.1) is 6.92 Å². The second kappa shape index (κ2) is 6.54. The van der Waals surface area contributed by atoms with Crippen LogP contribution in [0.5, 0.6) is 0 Å². The van der Waals surface area contributed by atoms with Crippen molar-refractivity contribution in [1.82, 2.24) is 5.32 Å². The maximum absolute atomic E-state index is 11.9. The summed E-state index contributed by atoms with van der Waals surface area (Å²) in [5.74, 6) is -0.947. The van der Waals surface area contributed by atoms with Crippen LogP contribution in [-0.4, -0.2) is 23.0 Å². The topological polar surface area (TPSA) is 66.4 Å². The molecule has 0 aliphatic heterocycles. The Bertz CT molecular complexity index is 439. The molecule has 0 aliphatic rings. The van der Waals surface area contributed by atoms with Crippen LogP contribution in [0.15, 0.2) is 6.07 Å². The first kappa shape index (κ1) is 14.7. The van der Waals surface area contributed by atoms with Crippen molar-refractivity contribution in [3.8, 4) is 0 Å². The standard InChI is InChI=1S/C13H19NO3S/c1-4-10-7-11(18-9(10)3)13(17)14-8(2)5-6-12(15)16/h7-8H,4-6H2,1-3H3,(H,14,17)(H,15,16). The molecule has 0 bridgehead atoms. The van der Waals surface area contributed by atoms with Gasteiger partial charge in [0, 0.05) is 17.3 Å². The number of hydrogen-bond donors (Lipinski definition) is 2. The number of amides is 1. The molecule has 18 heavy (non-hydrogen) atoms. The number of carbonyl (C=O) groups excluding carboxylic acids is 1. The zero-order valence-electron chi connectivity index (χ0n) is 10.9. The lowest BCUT2D eigenvalue weighted by Crippen LogP contribution is -2.32. The SMILES string of the molecule is CCc1cc(C(=O)NC(C)CCC(=O)O)sc1C. The fourth-order valence-electron chi connectivity index (χ4n) is 1.69. The molecule has 2 N–H and O–H groups in total. The van der Waals surface area contributed by atoms with E-state index in [1.54, 1.807) is 0 Å². The summed E-state index contributed by atoms with van der Waals surface area (Å²) in [6.07, 6.45) is 1.45. The molecule has 1 atom stereocenters. The second-order valence-electron chi connectivity index (χ2n) is 4.35. The van der Waals surface area contributed by atoms with Gasteiger partial charge in [-0.05, 0) is 38.3 Å². The monoisotopic (exact) mass is 269 g/mol. The van der Waals surface area contributed by atoms with Crippen LogP contribution in [0.4, 0.5) is 0 Å². The first-order valence-electron chi connectivity index (χ1n) is 6.06. The van der Waals surface area contributed by atoms with Crippen LogP contribution in [0.25, 0.3) is 0 Å². The van der Waals surface area contributed by atoms with Gasteiger partial charge < -0.3 is 10.4 Å². The zero-order chi connectivity index (χ0) is 13.7. The average molecular weight is 269 g/mol. The quantitative estimate of drug-likeness (QED) is 0.834. The highest BCUT2D eigenvalue weighted by molar-refractivity contribution is 7.14. The van der Waals surface area contributed by atoms with Crippen molar-refractivity contribution in [2.45, 2.75) is 46.1 Å². The molecule has 0 spiro atoms. The van der Waals surface area contributed by atoms with Gasteiger partial charge in [0.05, 0.1) is 4.88 Å². The molecule has 100 valence electrons. The van der Waals surface area contributed by atoms with Crippen molar-refractivity contribution in [2.75, 3.05) is 0 Å². The molecule has 0 aliphatic carbocycles. The Hall–Kier alpha value is -1.36. The van der Waals surface area contributed by atoms with Crippen LogP contribution in [0.2, 0.25) is 0 Å². The normalized spacial score (nSPS) is 12.2. The van der Waals surface area contributed by atoms with E-state index in [9.17, 15) is 9.59 Å². The fourth-order valence-corrected chi connectivity index (χ4v) is 2.71. The van der Waals surface area contributed by atoms with Crippen molar-refractivity contribution in [3.63, 3.8) is 0 Å². The average Bonchev–Trinajstić information content (AvgIpc) is 2.68. The third-order valence-corrected chi connectivity index (χ3v) is 3.89. The fraction of sp³-hybridized carbons (Fsp3) is 0.538. The van der Waals surface area contributed by atoms with Gasteiger partial charge in [0.25, 0.3) is 5.91 Å². The molecule has 0 saturated heterocycles. The molecule has 0 radical (unpaired) electrons. The Balaban J connectivity index is 2.56. The number of rotatable bonds is 6. The number of aliphatic carboxylic acids is 1. The number of thiophene rings is 1. The summed E-state index contributed by atoms with van der Waals surface area (Å²) in [5.41, 5.74) is 1.20. The van der Waals surface area contributed by atoms with E-state index < -0.39 is 5.97 Å². The number of carbonyl (C=O) groups is 2. The molecule has 0 aromatic carbocycles. The van der Waals surface area contributed by atoms with Crippen molar-refractivity contribution in [1.29, 1.82) is 0 Å². The van der Waals surface area contributed by atoms with Crippen LogP contribution < -0.4 is 5.32 Å². The lowest BCUT2D eigenvalue weighted by molar-refractivity contribution is -0.137. The third-order valence-electron chi connectivity index (χ3n) is 2.79. The summed E-state index contributed by atoms with van der Waals surface area (Å²) in [6.45, 7) is 5.89.